The summed E-state index contributed by atoms with van der Waals surface area (Å²) in [6.07, 6.45) is 11.8. The van der Waals surface area contributed by atoms with Crippen LogP contribution in [0.15, 0.2) is 38.0 Å². The molecule has 1 heteroatoms. The minimum Gasteiger partial charge on any atom is -0.103 e. The fraction of sp³-hybridized carbons (Fsp3) is 0.538. The quantitative estimate of drug-likeness (QED) is 0.322. The van der Waals surface area contributed by atoms with Gasteiger partial charge in [-0.3, -0.25) is 0 Å². The molecule has 0 amide bonds. The maximum Gasteiger partial charge on any atom is -0.000452 e. The van der Waals surface area contributed by atoms with Gasteiger partial charge in [-0.05, 0) is 41.9 Å². The highest BCUT2D eigenvalue weighted by molar-refractivity contribution is 14.1. The van der Waals surface area contributed by atoms with Gasteiger partial charge in [0.05, 0.1) is 0 Å². The molecule has 0 N–H and O–H groups in total. The number of allylic oxidation sites excluding steroid dienone is 3. The van der Waals surface area contributed by atoms with E-state index in [1.807, 2.05) is 18.2 Å². The Morgan fingerprint density at radius 2 is 1.36 bits per heavy atom. The predicted octanol–water partition coefficient (Wildman–Crippen LogP) is 4.92. The zero-order valence-corrected chi connectivity index (χ0v) is 11.1. The standard InChI is InChI=1S/C13H21I/c1-4-8-13(9-5-2,10-6-3)11-7-12-14/h4-6H,1-3,7-12H2. The summed E-state index contributed by atoms with van der Waals surface area (Å²) in [7, 11) is 0. The Hall–Kier alpha value is -0.0500. The molecular formula is C13H21I. The van der Waals surface area contributed by atoms with E-state index in [1.54, 1.807) is 0 Å². The van der Waals surface area contributed by atoms with Gasteiger partial charge in [0.2, 0.25) is 0 Å². The van der Waals surface area contributed by atoms with Crippen molar-refractivity contribution in [2.45, 2.75) is 32.1 Å². The van der Waals surface area contributed by atoms with Crippen LogP contribution in [0.4, 0.5) is 0 Å². The monoisotopic (exact) mass is 304 g/mol. The summed E-state index contributed by atoms with van der Waals surface area (Å²) in [5, 5.41) is 0. The molecule has 0 heterocycles. The van der Waals surface area contributed by atoms with Crippen molar-refractivity contribution < 1.29 is 0 Å². The number of hydrogen-bond donors (Lipinski definition) is 0. The molecule has 0 aliphatic heterocycles. The van der Waals surface area contributed by atoms with Gasteiger partial charge in [-0.15, -0.1) is 19.7 Å². The van der Waals surface area contributed by atoms with E-state index in [1.165, 1.54) is 17.3 Å². The Kier molecular flexibility index (Phi) is 8.24. The van der Waals surface area contributed by atoms with E-state index in [0.717, 1.165) is 19.3 Å². The minimum absolute atomic E-state index is 0.344. The molecule has 0 atom stereocenters. The number of hydrogen-bond acceptors (Lipinski definition) is 0. The average molecular weight is 304 g/mol. The third-order valence-corrected chi connectivity index (χ3v) is 3.34. The molecular weight excluding hydrogens is 283 g/mol. The van der Waals surface area contributed by atoms with Crippen LogP contribution in [0, 0.1) is 5.41 Å². The molecule has 0 nitrogen and oxygen atoms in total. The molecule has 0 saturated carbocycles. The van der Waals surface area contributed by atoms with E-state index in [0.29, 0.717) is 5.41 Å². The lowest BCUT2D eigenvalue weighted by atomic mass is 9.74. The normalized spacial score (nSPS) is 10.9. The van der Waals surface area contributed by atoms with Crippen molar-refractivity contribution in [2.24, 2.45) is 5.41 Å². The van der Waals surface area contributed by atoms with Crippen molar-refractivity contribution in [3.8, 4) is 0 Å². The molecule has 0 aliphatic carbocycles. The molecule has 0 spiro atoms. The molecule has 0 saturated heterocycles. The topological polar surface area (TPSA) is 0 Å². The molecule has 0 aliphatic rings. The molecule has 0 aromatic rings. The Morgan fingerprint density at radius 3 is 1.64 bits per heavy atom. The summed E-state index contributed by atoms with van der Waals surface area (Å²) in [6, 6.07) is 0. The molecule has 0 unspecified atom stereocenters. The van der Waals surface area contributed by atoms with Crippen LogP contribution < -0.4 is 0 Å². The van der Waals surface area contributed by atoms with E-state index in [9.17, 15) is 0 Å². The van der Waals surface area contributed by atoms with Gasteiger partial charge in [0.1, 0.15) is 0 Å². The summed E-state index contributed by atoms with van der Waals surface area (Å²) >= 11 is 2.44. The molecule has 0 fully saturated rings. The van der Waals surface area contributed by atoms with E-state index >= 15 is 0 Å². The second-order valence-corrected chi connectivity index (χ2v) is 4.85. The first kappa shape index (κ1) is 13.9. The van der Waals surface area contributed by atoms with Crippen LogP contribution in [-0.2, 0) is 0 Å². The first-order valence-corrected chi connectivity index (χ1v) is 6.66. The van der Waals surface area contributed by atoms with Crippen LogP contribution in [0.25, 0.3) is 0 Å². The smallest absolute Gasteiger partial charge is 0.000452 e. The van der Waals surface area contributed by atoms with Gasteiger partial charge < -0.3 is 0 Å². The first-order valence-electron chi connectivity index (χ1n) is 5.13. The van der Waals surface area contributed by atoms with Gasteiger partial charge in [0.25, 0.3) is 0 Å². The van der Waals surface area contributed by atoms with Crippen molar-refractivity contribution in [1.29, 1.82) is 0 Å². The first-order chi connectivity index (χ1) is 6.74. The summed E-state index contributed by atoms with van der Waals surface area (Å²) in [6.45, 7) is 11.5. The number of halogens is 1. The van der Waals surface area contributed by atoms with E-state index < -0.39 is 0 Å². The molecule has 0 rings (SSSR count). The van der Waals surface area contributed by atoms with Gasteiger partial charge in [-0.25, -0.2) is 0 Å². The third kappa shape index (κ3) is 4.99. The number of rotatable bonds is 9. The van der Waals surface area contributed by atoms with Crippen LogP contribution in [-0.4, -0.2) is 4.43 Å². The third-order valence-electron chi connectivity index (χ3n) is 2.57. The van der Waals surface area contributed by atoms with Crippen LogP contribution in [0.1, 0.15) is 32.1 Å². The Labute approximate surface area is 102 Å². The summed E-state index contributed by atoms with van der Waals surface area (Å²) < 4.78 is 1.23. The lowest BCUT2D eigenvalue weighted by molar-refractivity contribution is 0.270. The van der Waals surface area contributed by atoms with Crippen molar-refractivity contribution in [1.82, 2.24) is 0 Å². The van der Waals surface area contributed by atoms with Crippen LogP contribution in [0.5, 0.6) is 0 Å². The van der Waals surface area contributed by atoms with Gasteiger partial charge in [0.15, 0.2) is 0 Å². The van der Waals surface area contributed by atoms with Gasteiger partial charge in [-0.2, -0.15) is 0 Å². The van der Waals surface area contributed by atoms with Crippen LogP contribution in [0.2, 0.25) is 0 Å². The predicted molar refractivity (Wildman–Crippen MR) is 75.0 cm³/mol. The molecule has 0 bridgehead atoms. The van der Waals surface area contributed by atoms with Gasteiger partial charge in [0, 0.05) is 0 Å². The second kappa shape index (κ2) is 8.27. The van der Waals surface area contributed by atoms with E-state index in [-0.39, 0.29) is 0 Å². The highest BCUT2D eigenvalue weighted by Gasteiger charge is 2.24. The highest BCUT2D eigenvalue weighted by Crippen LogP contribution is 2.37. The maximum atomic E-state index is 3.85. The molecule has 14 heavy (non-hydrogen) atoms. The molecule has 80 valence electrons. The van der Waals surface area contributed by atoms with Crippen LogP contribution >= 0.6 is 22.6 Å². The van der Waals surface area contributed by atoms with Crippen molar-refractivity contribution in [3.05, 3.63) is 38.0 Å². The van der Waals surface area contributed by atoms with E-state index in [2.05, 4.69) is 42.3 Å². The van der Waals surface area contributed by atoms with Gasteiger partial charge in [-0.1, -0.05) is 40.8 Å². The summed E-state index contributed by atoms with van der Waals surface area (Å²) in [4.78, 5) is 0. The summed E-state index contributed by atoms with van der Waals surface area (Å²) in [5.41, 5.74) is 0.344. The second-order valence-electron chi connectivity index (χ2n) is 3.77. The van der Waals surface area contributed by atoms with Gasteiger partial charge >= 0.3 is 0 Å². The molecule has 0 aromatic heterocycles. The lowest BCUT2D eigenvalue weighted by Gasteiger charge is -2.30. The Balaban J connectivity index is 4.43. The largest absolute Gasteiger partial charge is 0.103 e. The molecule has 0 aromatic carbocycles. The fourth-order valence-electron chi connectivity index (χ4n) is 1.92. The fourth-order valence-corrected chi connectivity index (χ4v) is 2.30. The van der Waals surface area contributed by atoms with Crippen LogP contribution in [0.3, 0.4) is 0 Å². The minimum atomic E-state index is 0.344. The van der Waals surface area contributed by atoms with E-state index in [4.69, 9.17) is 0 Å². The zero-order valence-electron chi connectivity index (χ0n) is 8.97. The Bertz CT molecular complexity index is 155. The molecule has 0 radical (unpaired) electrons. The number of alkyl halides is 1. The summed E-state index contributed by atoms with van der Waals surface area (Å²) in [5.74, 6) is 0. The Morgan fingerprint density at radius 1 is 0.929 bits per heavy atom. The maximum absolute atomic E-state index is 3.85. The highest BCUT2D eigenvalue weighted by atomic mass is 127. The van der Waals surface area contributed by atoms with Crippen molar-refractivity contribution in [3.63, 3.8) is 0 Å². The van der Waals surface area contributed by atoms with Crippen molar-refractivity contribution >= 4 is 22.6 Å². The lowest BCUT2D eigenvalue weighted by Crippen LogP contribution is -2.18. The average Bonchev–Trinajstić information content (AvgIpc) is 2.16. The SMILES string of the molecule is C=CCC(CC=C)(CC=C)CCCI. The zero-order chi connectivity index (χ0) is 10.9. The van der Waals surface area contributed by atoms with Crippen molar-refractivity contribution in [2.75, 3.05) is 4.43 Å².